The molecule has 3 heterocycles. The third-order valence-electron chi connectivity index (χ3n) is 6.37. The Bertz CT molecular complexity index is 1330. The number of halogens is 2. The van der Waals surface area contributed by atoms with Crippen molar-refractivity contribution in [2.45, 2.75) is 33.2 Å². The lowest BCUT2D eigenvalue weighted by Gasteiger charge is -2.37. The standard InChI is InChI=1S/C24H25F2N7O2/c1-12-4-6-16(8-13(12)2)32-21-18(11-27-32)23(35)30-24(29-21)33-20(9-14(3)31-33)28-22(34)17-7-5-15(25)10-19(17)26/h4-10,18,21,24,27,29H,11H2,1-3H3,(H,28,34)(H,30,35). The van der Waals surface area contributed by atoms with E-state index in [0.29, 0.717) is 18.3 Å². The topological polar surface area (TPSA) is 103 Å². The minimum atomic E-state index is -0.974. The number of hydrogen-bond donors (Lipinski definition) is 4. The Morgan fingerprint density at radius 1 is 1.09 bits per heavy atom. The number of benzene rings is 2. The van der Waals surface area contributed by atoms with Crippen LogP contribution in [0.2, 0.25) is 0 Å². The molecule has 0 radical (unpaired) electrons. The summed E-state index contributed by atoms with van der Waals surface area (Å²) < 4.78 is 28.8. The summed E-state index contributed by atoms with van der Waals surface area (Å²) in [5.41, 5.74) is 6.77. The molecule has 3 aromatic rings. The molecule has 0 bridgehead atoms. The molecule has 5 rings (SSSR count). The molecule has 182 valence electrons. The largest absolute Gasteiger partial charge is 0.321 e. The molecule has 2 aromatic carbocycles. The van der Waals surface area contributed by atoms with Gasteiger partial charge in [0.15, 0.2) is 6.29 Å². The van der Waals surface area contributed by atoms with Crippen LogP contribution in [-0.2, 0) is 4.79 Å². The van der Waals surface area contributed by atoms with E-state index in [1.54, 1.807) is 13.0 Å². The molecular formula is C24H25F2N7O2. The zero-order valence-electron chi connectivity index (χ0n) is 19.4. The molecule has 2 aliphatic rings. The highest BCUT2D eigenvalue weighted by atomic mass is 19.1. The van der Waals surface area contributed by atoms with E-state index >= 15 is 0 Å². The Labute approximate surface area is 200 Å². The molecule has 9 nitrogen and oxygen atoms in total. The van der Waals surface area contributed by atoms with Crippen molar-refractivity contribution in [2.24, 2.45) is 5.92 Å². The highest BCUT2D eigenvalue weighted by molar-refractivity contribution is 6.04. The molecule has 2 fully saturated rings. The average Bonchev–Trinajstić information content (AvgIpc) is 3.39. The van der Waals surface area contributed by atoms with Crippen molar-refractivity contribution < 1.29 is 18.4 Å². The molecule has 4 N–H and O–H groups in total. The summed E-state index contributed by atoms with van der Waals surface area (Å²) in [7, 11) is 0. The lowest BCUT2D eigenvalue weighted by Crippen LogP contribution is -2.61. The molecule has 0 saturated carbocycles. The maximum Gasteiger partial charge on any atom is 0.259 e. The summed E-state index contributed by atoms with van der Waals surface area (Å²) in [5.74, 6) is -2.79. The number of aromatic nitrogens is 2. The van der Waals surface area contributed by atoms with E-state index in [0.717, 1.165) is 23.4 Å². The van der Waals surface area contributed by atoms with Gasteiger partial charge in [0.25, 0.3) is 5.91 Å². The molecule has 3 atom stereocenters. The third kappa shape index (κ3) is 4.24. The van der Waals surface area contributed by atoms with Gasteiger partial charge in [-0.25, -0.2) is 18.9 Å². The fraction of sp³-hybridized carbons (Fsp3) is 0.292. The van der Waals surface area contributed by atoms with Crippen molar-refractivity contribution in [1.82, 2.24) is 25.8 Å². The van der Waals surface area contributed by atoms with Crippen molar-refractivity contribution in [3.8, 4) is 0 Å². The van der Waals surface area contributed by atoms with E-state index in [4.69, 9.17) is 0 Å². The fourth-order valence-electron chi connectivity index (χ4n) is 4.38. The van der Waals surface area contributed by atoms with Gasteiger partial charge in [-0.15, -0.1) is 0 Å². The molecular weight excluding hydrogens is 456 g/mol. The first-order valence-electron chi connectivity index (χ1n) is 11.2. The molecule has 2 amide bonds. The summed E-state index contributed by atoms with van der Waals surface area (Å²) in [6, 6.07) is 10.4. The summed E-state index contributed by atoms with van der Waals surface area (Å²) in [5, 5.41) is 15.2. The van der Waals surface area contributed by atoms with Crippen LogP contribution in [0, 0.1) is 38.3 Å². The number of hydrazine groups is 1. The van der Waals surface area contributed by atoms with Gasteiger partial charge < -0.3 is 10.6 Å². The van der Waals surface area contributed by atoms with Crippen LogP contribution in [0.25, 0.3) is 0 Å². The van der Waals surface area contributed by atoms with E-state index in [1.807, 2.05) is 31.0 Å². The number of carbonyl (C=O) groups is 2. The molecule has 35 heavy (non-hydrogen) atoms. The second-order valence-corrected chi connectivity index (χ2v) is 8.82. The second-order valence-electron chi connectivity index (χ2n) is 8.82. The molecule has 0 aliphatic carbocycles. The minimum Gasteiger partial charge on any atom is -0.321 e. The van der Waals surface area contributed by atoms with Crippen LogP contribution in [0.15, 0.2) is 42.5 Å². The number of hydrogen-bond acceptors (Lipinski definition) is 6. The Hall–Kier alpha value is -3.83. The average molecular weight is 482 g/mol. The van der Waals surface area contributed by atoms with Crippen molar-refractivity contribution in [3.63, 3.8) is 0 Å². The summed E-state index contributed by atoms with van der Waals surface area (Å²) in [4.78, 5) is 25.7. The van der Waals surface area contributed by atoms with Crippen molar-refractivity contribution >= 4 is 23.3 Å². The van der Waals surface area contributed by atoms with Crippen LogP contribution in [0.3, 0.4) is 0 Å². The number of fused-ring (bicyclic) bond motifs is 1. The second kappa shape index (κ2) is 8.75. The molecule has 3 unspecified atom stereocenters. The van der Waals surface area contributed by atoms with E-state index in [-0.39, 0.29) is 29.4 Å². The van der Waals surface area contributed by atoms with Gasteiger partial charge in [-0.2, -0.15) is 5.10 Å². The Morgan fingerprint density at radius 3 is 2.63 bits per heavy atom. The van der Waals surface area contributed by atoms with Gasteiger partial charge >= 0.3 is 0 Å². The van der Waals surface area contributed by atoms with Gasteiger partial charge in [0, 0.05) is 18.7 Å². The first-order chi connectivity index (χ1) is 16.7. The van der Waals surface area contributed by atoms with Gasteiger partial charge in [0.1, 0.15) is 23.6 Å². The summed E-state index contributed by atoms with van der Waals surface area (Å²) in [6.07, 6.45) is -1.15. The van der Waals surface area contributed by atoms with Gasteiger partial charge in [-0.1, -0.05) is 6.07 Å². The first kappa shape index (κ1) is 22.9. The quantitative estimate of drug-likeness (QED) is 0.457. The Balaban J connectivity index is 1.41. The summed E-state index contributed by atoms with van der Waals surface area (Å²) in [6.45, 7) is 6.25. The van der Waals surface area contributed by atoms with Crippen LogP contribution in [0.5, 0.6) is 0 Å². The highest BCUT2D eigenvalue weighted by Crippen LogP contribution is 2.29. The van der Waals surface area contributed by atoms with E-state index in [1.165, 1.54) is 10.2 Å². The third-order valence-corrected chi connectivity index (χ3v) is 6.37. The monoisotopic (exact) mass is 481 g/mol. The van der Waals surface area contributed by atoms with Crippen LogP contribution >= 0.6 is 0 Å². The zero-order valence-corrected chi connectivity index (χ0v) is 19.4. The minimum absolute atomic E-state index is 0.174. The molecule has 1 aromatic heterocycles. The Morgan fingerprint density at radius 2 is 1.89 bits per heavy atom. The van der Waals surface area contributed by atoms with Crippen molar-refractivity contribution in [1.29, 1.82) is 0 Å². The number of anilines is 2. The Kier molecular flexibility index (Phi) is 5.73. The van der Waals surface area contributed by atoms with Crippen LogP contribution in [0.1, 0.15) is 33.5 Å². The van der Waals surface area contributed by atoms with Crippen LogP contribution in [-0.4, -0.2) is 34.3 Å². The SMILES string of the molecule is Cc1cc(NC(=O)c2ccc(F)cc2F)n(C2NC(=O)C3CNN(c4ccc(C)c(C)c4)C3N2)n1. The number of nitrogens with zero attached hydrogens (tertiary/aromatic N) is 3. The van der Waals surface area contributed by atoms with Crippen LogP contribution in [0.4, 0.5) is 20.3 Å². The van der Waals surface area contributed by atoms with Gasteiger partial charge in [0.2, 0.25) is 5.91 Å². The van der Waals surface area contributed by atoms with Gasteiger partial charge in [0.05, 0.1) is 22.9 Å². The fourth-order valence-corrected chi connectivity index (χ4v) is 4.38. The lowest BCUT2D eigenvalue weighted by molar-refractivity contribution is -0.129. The van der Waals surface area contributed by atoms with E-state index in [2.05, 4.69) is 32.5 Å². The number of carbonyl (C=O) groups excluding carboxylic acids is 2. The van der Waals surface area contributed by atoms with Gasteiger partial charge in [-0.3, -0.25) is 19.9 Å². The van der Waals surface area contributed by atoms with E-state index in [9.17, 15) is 18.4 Å². The normalized spacial score (nSPS) is 21.6. The predicted molar refractivity (Wildman–Crippen MR) is 125 cm³/mol. The van der Waals surface area contributed by atoms with Crippen LogP contribution < -0.4 is 26.4 Å². The number of amides is 2. The first-order valence-corrected chi connectivity index (χ1v) is 11.2. The zero-order chi connectivity index (χ0) is 24.9. The predicted octanol–water partition coefficient (Wildman–Crippen LogP) is 2.48. The van der Waals surface area contributed by atoms with Crippen molar-refractivity contribution in [3.05, 3.63) is 76.5 Å². The maximum absolute atomic E-state index is 14.1. The molecule has 2 saturated heterocycles. The molecule has 2 aliphatic heterocycles. The molecule has 0 spiro atoms. The number of aryl methyl sites for hydroxylation is 3. The van der Waals surface area contributed by atoms with Gasteiger partial charge in [-0.05, 0) is 56.2 Å². The summed E-state index contributed by atoms with van der Waals surface area (Å²) >= 11 is 0. The van der Waals surface area contributed by atoms with Crippen molar-refractivity contribution in [2.75, 3.05) is 16.9 Å². The van der Waals surface area contributed by atoms with E-state index < -0.39 is 23.8 Å². The number of nitrogens with one attached hydrogen (secondary N) is 4. The molecule has 11 heteroatoms. The smallest absolute Gasteiger partial charge is 0.259 e. The number of rotatable bonds is 4. The maximum atomic E-state index is 14.1. The lowest BCUT2D eigenvalue weighted by atomic mass is 10.0. The highest BCUT2D eigenvalue weighted by Gasteiger charge is 2.45.